The van der Waals surface area contributed by atoms with E-state index in [2.05, 4.69) is 15.9 Å². The van der Waals surface area contributed by atoms with E-state index in [0.29, 0.717) is 22.1 Å². The number of rotatable bonds is 4. The highest BCUT2D eigenvalue weighted by Gasteiger charge is 2.25. The van der Waals surface area contributed by atoms with Crippen molar-refractivity contribution in [2.45, 2.75) is 38.9 Å². The molecular weight excluding hydrogens is 428 g/mol. The van der Waals surface area contributed by atoms with Crippen LogP contribution in [0.4, 0.5) is 0 Å². The second kappa shape index (κ2) is 7.10. The molecule has 27 heavy (non-hydrogen) atoms. The zero-order valence-corrected chi connectivity index (χ0v) is 18.0. The molecule has 0 aliphatic rings. The van der Waals surface area contributed by atoms with E-state index in [-0.39, 0.29) is 0 Å². The van der Waals surface area contributed by atoms with Crippen molar-refractivity contribution >= 4 is 27.5 Å². The minimum absolute atomic E-state index is 0.555. The highest BCUT2D eigenvalue weighted by molar-refractivity contribution is 9.10. The van der Waals surface area contributed by atoms with Crippen molar-refractivity contribution in [3.8, 4) is 22.6 Å². The maximum atomic E-state index is 10.6. The fraction of sp³-hybridized carbons (Fsp3) is 0.273. The lowest BCUT2D eigenvalue weighted by molar-refractivity contribution is 0.0786. The van der Waals surface area contributed by atoms with E-state index in [4.69, 9.17) is 16.0 Å². The zero-order valence-electron chi connectivity index (χ0n) is 15.7. The second-order valence-corrected chi connectivity index (χ2v) is 9.01. The van der Waals surface area contributed by atoms with E-state index in [1.54, 1.807) is 39.8 Å². The van der Waals surface area contributed by atoms with E-state index in [0.717, 1.165) is 21.2 Å². The summed E-state index contributed by atoms with van der Waals surface area (Å²) in [5.41, 5.74) is 0.954. The predicted molar refractivity (Wildman–Crippen MR) is 113 cm³/mol. The van der Waals surface area contributed by atoms with Gasteiger partial charge in [-0.25, -0.2) is 0 Å². The van der Waals surface area contributed by atoms with Crippen LogP contribution in [0, 0.1) is 0 Å². The van der Waals surface area contributed by atoms with Gasteiger partial charge in [-0.2, -0.15) is 0 Å². The molecule has 0 radical (unpaired) electrons. The van der Waals surface area contributed by atoms with Gasteiger partial charge in [-0.15, -0.1) is 0 Å². The monoisotopic (exact) mass is 448 g/mol. The van der Waals surface area contributed by atoms with E-state index in [1.807, 2.05) is 36.4 Å². The zero-order chi connectivity index (χ0) is 20.0. The van der Waals surface area contributed by atoms with Gasteiger partial charge in [0.25, 0.3) is 0 Å². The summed E-state index contributed by atoms with van der Waals surface area (Å²) < 4.78 is 7.01. The molecule has 0 fully saturated rings. The smallest absolute Gasteiger partial charge is 0.135 e. The third-order valence-electron chi connectivity index (χ3n) is 4.42. The molecule has 5 heteroatoms. The average molecular weight is 450 g/mol. The highest BCUT2D eigenvalue weighted by Crippen LogP contribution is 2.39. The minimum Gasteiger partial charge on any atom is -0.456 e. The Morgan fingerprint density at radius 3 is 1.78 bits per heavy atom. The summed E-state index contributed by atoms with van der Waals surface area (Å²) in [5.74, 6) is 1.27. The van der Waals surface area contributed by atoms with Gasteiger partial charge >= 0.3 is 0 Å². The standard InChI is InChI=1S/C22H22BrClO3/c1-21(2,25)17-11-13(23)5-7-15(17)19-9-10-20(27-19)16-8-6-14(24)12-18(16)22(3,4)26/h5-12,25-26H,1-4H3. The summed E-state index contributed by atoms with van der Waals surface area (Å²) in [6.45, 7) is 6.92. The first-order valence-electron chi connectivity index (χ1n) is 8.62. The van der Waals surface area contributed by atoms with E-state index < -0.39 is 11.2 Å². The topological polar surface area (TPSA) is 53.6 Å². The Hall–Kier alpha value is -1.59. The number of hydrogen-bond acceptors (Lipinski definition) is 3. The van der Waals surface area contributed by atoms with Crippen molar-refractivity contribution in [3.63, 3.8) is 0 Å². The molecule has 0 saturated heterocycles. The van der Waals surface area contributed by atoms with Crippen molar-refractivity contribution in [1.29, 1.82) is 0 Å². The lowest BCUT2D eigenvalue weighted by atomic mass is 9.92. The normalized spacial score (nSPS) is 12.4. The molecule has 142 valence electrons. The van der Waals surface area contributed by atoms with Crippen LogP contribution in [-0.2, 0) is 11.2 Å². The molecule has 0 aliphatic carbocycles. The molecule has 2 N–H and O–H groups in total. The number of benzene rings is 2. The molecule has 3 aromatic rings. The van der Waals surface area contributed by atoms with Crippen LogP contribution in [0.5, 0.6) is 0 Å². The molecule has 0 bridgehead atoms. The first-order chi connectivity index (χ1) is 12.5. The van der Waals surface area contributed by atoms with Gasteiger partial charge in [0.1, 0.15) is 11.5 Å². The quantitative estimate of drug-likeness (QED) is 0.479. The molecule has 0 amide bonds. The van der Waals surface area contributed by atoms with Crippen molar-refractivity contribution in [2.24, 2.45) is 0 Å². The fourth-order valence-electron chi connectivity index (χ4n) is 3.10. The van der Waals surface area contributed by atoms with Crippen LogP contribution in [0.1, 0.15) is 38.8 Å². The van der Waals surface area contributed by atoms with Gasteiger partial charge < -0.3 is 14.6 Å². The Morgan fingerprint density at radius 1 is 0.778 bits per heavy atom. The van der Waals surface area contributed by atoms with Gasteiger partial charge in [-0.05, 0) is 87.4 Å². The summed E-state index contributed by atoms with van der Waals surface area (Å²) in [6, 6.07) is 14.8. The highest BCUT2D eigenvalue weighted by atomic mass is 79.9. The Kier molecular flexibility index (Phi) is 5.30. The summed E-state index contributed by atoms with van der Waals surface area (Å²) >= 11 is 9.58. The van der Waals surface area contributed by atoms with Gasteiger partial charge in [0, 0.05) is 20.6 Å². The van der Waals surface area contributed by atoms with Crippen molar-refractivity contribution in [1.82, 2.24) is 0 Å². The average Bonchev–Trinajstić information content (AvgIpc) is 3.02. The van der Waals surface area contributed by atoms with Crippen LogP contribution in [0.3, 0.4) is 0 Å². The number of furan rings is 1. The predicted octanol–water partition coefficient (Wildman–Crippen LogP) is 6.48. The SMILES string of the molecule is CC(C)(O)c1cc(Cl)ccc1-c1ccc(-c2ccc(Br)cc2C(C)(C)O)o1. The molecular formula is C22H22BrClO3. The summed E-state index contributed by atoms with van der Waals surface area (Å²) in [5, 5.41) is 21.6. The van der Waals surface area contributed by atoms with Crippen LogP contribution >= 0.6 is 27.5 Å². The summed E-state index contributed by atoms with van der Waals surface area (Å²) in [4.78, 5) is 0. The third kappa shape index (κ3) is 4.30. The lowest BCUT2D eigenvalue weighted by Crippen LogP contribution is -2.17. The van der Waals surface area contributed by atoms with Gasteiger partial charge in [0.2, 0.25) is 0 Å². The van der Waals surface area contributed by atoms with Gasteiger partial charge in [0.05, 0.1) is 11.2 Å². The fourth-order valence-corrected chi connectivity index (χ4v) is 3.64. The lowest BCUT2D eigenvalue weighted by Gasteiger charge is -2.22. The van der Waals surface area contributed by atoms with Crippen LogP contribution in [0.2, 0.25) is 5.02 Å². The van der Waals surface area contributed by atoms with Crippen LogP contribution < -0.4 is 0 Å². The molecule has 0 unspecified atom stereocenters. The van der Waals surface area contributed by atoms with Gasteiger partial charge in [-0.1, -0.05) is 27.5 Å². The molecule has 1 aromatic heterocycles. The second-order valence-electron chi connectivity index (χ2n) is 7.66. The van der Waals surface area contributed by atoms with E-state index >= 15 is 0 Å². The molecule has 0 aliphatic heterocycles. The Morgan fingerprint density at radius 2 is 1.26 bits per heavy atom. The molecule has 0 saturated carbocycles. The molecule has 2 aromatic carbocycles. The van der Waals surface area contributed by atoms with Crippen molar-refractivity contribution in [2.75, 3.05) is 0 Å². The summed E-state index contributed by atoms with van der Waals surface area (Å²) in [6.07, 6.45) is 0. The number of halogens is 2. The Labute approximate surface area is 172 Å². The van der Waals surface area contributed by atoms with E-state index in [9.17, 15) is 10.2 Å². The van der Waals surface area contributed by atoms with Crippen molar-refractivity contribution in [3.05, 3.63) is 69.2 Å². The molecule has 0 spiro atoms. The Balaban J connectivity index is 2.13. The molecule has 1 heterocycles. The largest absolute Gasteiger partial charge is 0.456 e. The van der Waals surface area contributed by atoms with Crippen LogP contribution in [-0.4, -0.2) is 10.2 Å². The molecule has 3 nitrogen and oxygen atoms in total. The first kappa shape index (κ1) is 20.2. The number of hydrogen-bond donors (Lipinski definition) is 2. The van der Waals surface area contributed by atoms with Crippen LogP contribution in [0.15, 0.2) is 57.4 Å². The van der Waals surface area contributed by atoms with Crippen LogP contribution in [0.25, 0.3) is 22.6 Å². The maximum absolute atomic E-state index is 10.6. The minimum atomic E-state index is -1.07. The van der Waals surface area contributed by atoms with E-state index in [1.165, 1.54) is 0 Å². The first-order valence-corrected chi connectivity index (χ1v) is 9.79. The Bertz CT molecular complexity index is 900. The molecule has 0 atom stereocenters. The summed E-state index contributed by atoms with van der Waals surface area (Å²) in [7, 11) is 0. The van der Waals surface area contributed by atoms with Crippen molar-refractivity contribution < 1.29 is 14.6 Å². The van der Waals surface area contributed by atoms with Gasteiger partial charge in [-0.3, -0.25) is 0 Å². The number of aliphatic hydroxyl groups is 2. The molecule has 3 rings (SSSR count). The maximum Gasteiger partial charge on any atom is 0.135 e. The third-order valence-corrected chi connectivity index (χ3v) is 5.15. The van der Waals surface area contributed by atoms with Gasteiger partial charge in [0.15, 0.2) is 0 Å².